The van der Waals surface area contributed by atoms with Gasteiger partial charge in [-0.1, -0.05) is 107 Å². The normalized spacial score (nSPS) is 12.0. The average Bonchev–Trinajstić information content (AvgIpc) is 3.09. The lowest BCUT2D eigenvalue weighted by Gasteiger charge is -2.36. The third kappa shape index (κ3) is 8.10. The molecule has 7 rings (SSSR count). The van der Waals surface area contributed by atoms with Crippen molar-refractivity contribution >= 4 is 17.6 Å². The van der Waals surface area contributed by atoms with Crippen LogP contribution in [0.3, 0.4) is 0 Å². The quantitative estimate of drug-likeness (QED) is 0.195. The monoisotopic (exact) mass is 640 g/mol. The van der Waals surface area contributed by atoms with Crippen LogP contribution in [0.25, 0.3) is 0 Å². The number of hydrogen-bond donors (Lipinski definition) is 1. The largest absolute Gasteiger partial charge is 0.478 e. The highest BCUT2D eigenvalue weighted by Gasteiger charge is 2.42. The highest BCUT2D eigenvalue weighted by Crippen LogP contribution is 2.54. The zero-order valence-electron chi connectivity index (χ0n) is 26.9. The molecule has 1 aliphatic heterocycles. The van der Waals surface area contributed by atoms with E-state index in [2.05, 4.69) is 64.1 Å². The summed E-state index contributed by atoms with van der Waals surface area (Å²) in [7, 11) is 0. The van der Waals surface area contributed by atoms with Crippen molar-refractivity contribution in [3.63, 3.8) is 0 Å². The summed E-state index contributed by atoms with van der Waals surface area (Å²) in [5.74, 6) is 2.53. The first-order chi connectivity index (χ1) is 22.6. The number of ether oxygens (including phenoxy) is 2. The highest BCUT2D eigenvalue weighted by molar-refractivity contribution is 6.29. The molecule has 0 saturated heterocycles. The van der Waals surface area contributed by atoms with Crippen LogP contribution in [0.15, 0.2) is 146 Å². The molecule has 6 aromatic carbocycles. The van der Waals surface area contributed by atoms with Crippen LogP contribution in [-0.2, 0) is 4.87 Å². The first kappa shape index (κ1) is 33.1. The lowest BCUT2D eigenvalue weighted by molar-refractivity contribution is 0.0697. The van der Waals surface area contributed by atoms with Crippen LogP contribution < -0.4 is 9.47 Å². The Kier molecular flexibility index (Phi) is 10.4. The van der Waals surface area contributed by atoms with Crippen LogP contribution in [0.5, 0.6) is 23.0 Å². The van der Waals surface area contributed by atoms with Gasteiger partial charge in [-0.15, -0.1) is 11.6 Å². The molecule has 5 heteroatoms. The van der Waals surface area contributed by atoms with Crippen molar-refractivity contribution in [1.82, 2.24) is 0 Å². The number of aryl methyl sites for hydroxylation is 4. The van der Waals surface area contributed by atoms with Gasteiger partial charge in [0, 0.05) is 11.1 Å². The van der Waals surface area contributed by atoms with Gasteiger partial charge in [-0.25, -0.2) is 4.79 Å². The molecule has 0 fully saturated rings. The minimum atomic E-state index is -0.879. The van der Waals surface area contributed by atoms with E-state index in [4.69, 9.17) is 26.2 Å². The van der Waals surface area contributed by atoms with Gasteiger partial charge in [0.1, 0.15) is 27.9 Å². The van der Waals surface area contributed by atoms with Crippen LogP contribution in [0.1, 0.15) is 49.3 Å². The summed E-state index contributed by atoms with van der Waals surface area (Å²) in [5, 5.41) is 8.38. The summed E-state index contributed by atoms with van der Waals surface area (Å²) in [6, 6.07) is 47.0. The number of carbonyl (C=O) groups is 1. The van der Waals surface area contributed by atoms with E-state index in [0.717, 1.165) is 39.7 Å². The van der Waals surface area contributed by atoms with Crippen molar-refractivity contribution < 1.29 is 19.4 Å². The van der Waals surface area contributed by atoms with E-state index < -0.39 is 10.8 Å². The smallest absolute Gasteiger partial charge is 0.335 e. The number of carboxylic acids is 1. The number of aromatic carboxylic acids is 1. The molecule has 1 aliphatic rings. The van der Waals surface area contributed by atoms with Gasteiger partial charge < -0.3 is 14.6 Å². The van der Waals surface area contributed by atoms with Gasteiger partial charge in [0.05, 0.1) is 5.56 Å². The Morgan fingerprint density at radius 1 is 0.574 bits per heavy atom. The predicted octanol–water partition coefficient (Wildman–Crippen LogP) is 11.4. The fraction of sp³-hybridized carbons (Fsp3) is 0.119. The van der Waals surface area contributed by atoms with Crippen LogP contribution in [0.2, 0.25) is 0 Å². The van der Waals surface area contributed by atoms with E-state index in [1.165, 1.54) is 22.3 Å². The summed E-state index contributed by atoms with van der Waals surface area (Å²) < 4.78 is 11.8. The summed E-state index contributed by atoms with van der Waals surface area (Å²) in [5.41, 5.74) is 8.22. The SMILES string of the molecule is Cc1ccc(Oc2ccc(C)cc2)cc1.Cc1ccc2c(c1)C(Cl)(c1ccccc1)c1cc(C)ccc1O2.O=C(O)c1ccccc1. The van der Waals surface area contributed by atoms with Crippen molar-refractivity contribution in [3.05, 3.63) is 190 Å². The maximum atomic E-state index is 10.2. The van der Waals surface area contributed by atoms with Gasteiger partial charge in [-0.2, -0.15) is 0 Å². The van der Waals surface area contributed by atoms with Crippen molar-refractivity contribution in [3.8, 4) is 23.0 Å². The molecule has 0 saturated carbocycles. The second-order valence-electron chi connectivity index (χ2n) is 11.5. The zero-order chi connectivity index (χ0) is 33.4. The van der Waals surface area contributed by atoms with Crippen LogP contribution in [0.4, 0.5) is 0 Å². The molecule has 236 valence electrons. The average molecular weight is 641 g/mol. The fourth-order valence-corrected chi connectivity index (χ4v) is 5.60. The van der Waals surface area contributed by atoms with E-state index in [0.29, 0.717) is 5.56 Å². The van der Waals surface area contributed by atoms with E-state index in [1.807, 2.05) is 78.9 Å². The zero-order valence-corrected chi connectivity index (χ0v) is 27.7. The minimum Gasteiger partial charge on any atom is -0.478 e. The summed E-state index contributed by atoms with van der Waals surface area (Å²) in [6.07, 6.45) is 0. The fourth-order valence-electron chi connectivity index (χ4n) is 5.18. The molecule has 4 nitrogen and oxygen atoms in total. The Hall–Kier alpha value is -5.32. The first-order valence-electron chi connectivity index (χ1n) is 15.4. The molecular weight excluding hydrogens is 604 g/mol. The van der Waals surface area contributed by atoms with E-state index in [1.54, 1.807) is 30.3 Å². The Balaban J connectivity index is 0.000000155. The van der Waals surface area contributed by atoms with Crippen molar-refractivity contribution in [2.24, 2.45) is 0 Å². The topological polar surface area (TPSA) is 55.8 Å². The molecule has 0 aliphatic carbocycles. The predicted molar refractivity (Wildman–Crippen MR) is 190 cm³/mol. The van der Waals surface area contributed by atoms with Crippen LogP contribution in [-0.4, -0.2) is 11.1 Å². The van der Waals surface area contributed by atoms with Crippen molar-refractivity contribution in [2.45, 2.75) is 32.6 Å². The molecule has 6 aromatic rings. The van der Waals surface area contributed by atoms with Gasteiger partial charge in [0.15, 0.2) is 0 Å². The molecule has 0 spiro atoms. The lowest BCUT2D eigenvalue weighted by atomic mass is 9.80. The number of benzene rings is 6. The van der Waals surface area contributed by atoms with Gasteiger partial charge in [0.2, 0.25) is 0 Å². The molecule has 0 bridgehead atoms. The highest BCUT2D eigenvalue weighted by atomic mass is 35.5. The Morgan fingerprint density at radius 3 is 1.38 bits per heavy atom. The molecule has 1 heterocycles. The molecule has 0 radical (unpaired) electrons. The van der Waals surface area contributed by atoms with Gasteiger partial charge in [-0.3, -0.25) is 0 Å². The number of alkyl halides is 1. The third-order valence-electron chi connectivity index (χ3n) is 7.70. The maximum absolute atomic E-state index is 10.2. The molecule has 0 aromatic heterocycles. The molecule has 0 unspecified atom stereocenters. The molecule has 0 atom stereocenters. The summed E-state index contributed by atoms with van der Waals surface area (Å²) >= 11 is 7.33. The first-order valence-corrected chi connectivity index (χ1v) is 15.8. The van der Waals surface area contributed by atoms with Gasteiger partial charge in [0.25, 0.3) is 0 Å². The molecular formula is C42H37ClO4. The molecule has 47 heavy (non-hydrogen) atoms. The molecule has 0 amide bonds. The number of fused-ring (bicyclic) bond motifs is 2. The van der Waals surface area contributed by atoms with Gasteiger partial charge >= 0.3 is 5.97 Å². The van der Waals surface area contributed by atoms with E-state index in [-0.39, 0.29) is 0 Å². The van der Waals surface area contributed by atoms with Crippen LogP contribution in [0, 0.1) is 27.7 Å². The summed E-state index contributed by atoms with van der Waals surface area (Å²) in [4.78, 5) is 9.47. The van der Waals surface area contributed by atoms with Crippen LogP contribution >= 0.6 is 11.6 Å². The number of carboxylic acid groups (broad SMARTS) is 1. The second-order valence-corrected chi connectivity index (χ2v) is 12.1. The Labute approximate surface area is 281 Å². The van der Waals surface area contributed by atoms with E-state index >= 15 is 0 Å². The Morgan fingerprint density at radius 2 is 0.979 bits per heavy atom. The third-order valence-corrected chi connectivity index (χ3v) is 8.33. The van der Waals surface area contributed by atoms with Crippen molar-refractivity contribution in [2.75, 3.05) is 0 Å². The van der Waals surface area contributed by atoms with Crippen molar-refractivity contribution in [1.29, 1.82) is 0 Å². The number of halogens is 1. The summed E-state index contributed by atoms with van der Waals surface area (Å²) in [6.45, 7) is 8.29. The number of hydrogen-bond acceptors (Lipinski definition) is 3. The maximum Gasteiger partial charge on any atom is 0.335 e. The lowest BCUT2D eigenvalue weighted by Crippen LogP contribution is -2.27. The Bertz CT molecular complexity index is 1840. The van der Waals surface area contributed by atoms with E-state index in [9.17, 15) is 4.79 Å². The second kappa shape index (κ2) is 14.8. The number of rotatable bonds is 4. The standard InChI is InChI=1S/C21H17ClO.C14H14O.C7H6O2/c1-14-8-10-19-17(12-14)21(22,16-6-4-3-5-7-16)18-13-15(2)9-11-20(18)23-19;1-11-3-7-13(8-4-11)15-14-9-5-12(2)6-10-14;8-7(9)6-4-2-1-3-5-6/h3-13H,1-2H3;3-10H,1-2H3;1-5H,(H,8,9). The molecule has 1 N–H and O–H groups in total. The minimum absolute atomic E-state index is 0.331. The van der Waals surface area contributed by atoms with Gasteiger partial charge in [-0.05, 0) is 93.9 Å².